The highest BCUT2D eigenvalue weighted by Gasteiger charge is 2.13. The molecule has 0 fully saturated rings. The Labute approximate surface area is 194 Å². The van der Waals surface area contributed by atoms with E-state index in [1.54, 1.807) is 24.5 Å². The van der Waals surface area contributed by atoms with Crippen molar-refractivity contribution in [3.63, 3.8) is 0 Å². The highest BCUT2D eigenvalue weighted by atomic mass is 16.5. The topological polar surface area (TPSA) is 69.0 Å². The zero-order valence-electron chi connectivity index (χ0n) is 19.4. The van der Waals surface area contributed by atoms with Gasteiger partial charge in [0.25, 0.3) is 5.91 Å². The summed E-state index contributed by atoms with van der Waals surface area (Å²) in [6, 6.07) is 17.9. The van der Waals surface area contributed by atoms with E-state index in [1.165, 1.54) is 11.1 Å². The van der Waals surface area contributed by atoms with Gasteiger partial charge in [0, 0.05) is 30.9 Å². The summed E-state index contributed by atoms with van der Waals surface area (Å²) in [4.78, 5) is 21.1. The van der Waals surface area contributed by atoms with E-state index in [-0.39, 0.29) is 5.91 Å². The number of aryl methyl sites for hydroxylation is 1. The number of aromatic nitrogens is 3. The number of imidazole rings is 1. The van der Waals surface area contributed by atoms with Crippen molar-refractivity contribution in [1.82, 2.24) is 19.9 Å². The smallest absolute Gasteiger partial charge is 0.251 e. The largest absolute Gasteiger partial charge is 0.491 e. The fourth-order valence-electron chi connectivity index (χ4n) is 3.95. The summed E-state index contributed by atoms with van der Waals surface area (Å²) in [5.74, 6) is 2.17. The van der Waals surface area contributed by atoms with Crippen LogP contribution in [0.15, 0.2) is 67.0 Å². The minimum Gasteiger partial charge on any atom is -0.491 e. The summed E-state index contributed by atoms with van der Waals surface area (Å²) in [5, 5.41) is 2.98. The van der Waals surface area contributed by atoms with Crippen molar-refractivity contribution in [2.75, 3.05) is 13.2 Å². The van der Waals surface area contributed by atoms with Crippen LogP contribution >= 0.6 is 0 Å². The quantitative estimate of drug-likeness (QED) is 0.400. The van der Waals surface area contributed by atoms with Crippen LogP contribution in [0.3, 0.4) is 0 Å². The Morgan fingerprint density at radius 3 is 2.67 bits per heavy atom. The first kappa shape index (κ1) is 22.5. The van der Waals surface area contributed by atoms with Crippen molar-refractivity contribution in [1.29, 1.82) is 0 Å². The fraction of sp³-hybridized carbons (Fsp3) is 0.296. The van der Waals surface area contributed by atoms with Gasteiger partial charge in [-0.15, -0.1) is 0 Å². The third-order valence-corrected chi connectivity index (χ3v) is 5.67. The fourth-order valence-corrected chi connectivity index (χ4v) is 3.95. The molecule has 0 unspecified atom stereocenters. The van der Waals surface area contributed by atoms with Crippen molar-refractivity contribution in [2.45, 2.75) is 39.7 Å². The third kappa shape index (κ3) is 5.40. The molecule has 0 spiro atoms. The normalized spacial score (nSPS) is 11.2. The molecule has 0 aliphatic carbocycles. The second-order valence-corrected chi connectivity index (χ2v) is 8.45. The van der Waals surface area contributed by atoms with Gasteiger partial charge in [-0.05, 0) is 54.3 Å². The number of hydrogen-bond acceptors (Lipinski definition) is 4. The second-order valence-electron chi connectivity index (χ2n) is 8.45. The monoisotopic (exact) mass is 442 g/mol. The van der Waals surface area contributed by atoms with Crippen LogP contribution in [0, 0.1) is 6.92 Å². The van der Waals surface area contributed by atoms with E-state index in [4.69, 9.17) is 9.72 Å². The predicted molar refractivity (Wildman–Crippen MR) is 131 cm³/mol. The molecule has 33 heavy (non-hydrogen) atoms. The Morgan fingerprint density at radius 1 is 1.09 bits per heavy atom. The Kier molecular flexibility index (Phi) is 7.03. The van der Waals surface area contributed by atoms with Crippen molar-refractivity contribution in [2.24, 2.45) is 0 Å². The molecular weight excluding hydrogens is 412 g/mol. The minimum absolute atomic E-state index is 0.107. The summed E-state index contributed by atoms with van der Waals surface area (Å²) < 4.78 is 8.43. The number of amides is 1. The number of para-hydroxylation sites is 2. The second kappa shape index (κ2) is 10.3. The molecule has 0 aliphatic rings. The maximum atomic E-state index is 12.3. The number of ether oxygens (including phenoxy) is 1. The minimum atomic E-state index is -0.107. The molecule has 2 aromatic carbocycles. The van der Waals surface area contributed by atoms with Gasteiger partial charge < -0.3 is 14.6 Å². The molecule has 0 saturated heterocycles. The number of nitrogens with zero attached hydrogens (tertiary/aromatic N) is 3. The van der Waals surface area contributed by atoms with E-state index < -0.39 is 0 Å². The maximum Gasteiger partial charge on any atom is 0.251 e. The molecule has 4 aromatic rings. The molecule has 6 nitrogen and oxygen atoms in total. The van der Waals surface area contributed by atoms with Gasteiger partial charge in [-0.2, -0.15) is 0 Å². The molecule has 6 heteroatoms. The third-order valence-electron chi connectivity index (χ3n) is 5.67. The van der Waals surface area contributed by atoms with Crippen molar-refractivity contribution in [3.8, 4) is 5.75 Å². The van der Waals surface area contributed by atoms with Crippen LogP contribution in [0.5, 0.6) is 5.75 Å². The molecule has 170 valence electrons. The van der Waals surface area contributed by atoms with Gasteiger partial charge in [0.1, 0.15) is 18.2 Å². The number of pyridine rings is 1. The van der Waals surface area contributed by atoms with Gasteiger partial charge in [0.15, 0.2) is 0 Å². The number of rotatable bonds is 9. The number of carbonyl (C=O) groups excluding carboxylic acids is 1. The van der Waals surface area contributed by atoms with Crippen molar-refractivity contribution in [3.05, 3.63) is 89.5 Å². The van der Waals surface area contributed by atoms with Crippen LogP contribution in [0.1, 0.15) is 47.1 Å². The van der Waals surface area contributed by atoms with E-state index in [1.807, 2.05) is 18.2 Å². The van der Waals surface area contributed by atoms with Gasteiger partial charge in [-0.1, -0.05) is 38.1 Å². The molecule has 0 atom stereocenters. The highest BCUT2D eigenvalue weighted by molar-refractivity contribution is 5.93. The van der Waals surface area contributed by atoms with E-state index in [0.717, 1.165) is 22.6 Å². The first-order valence-electron chi connectivity index (χ1n) is 11.4. The molecule has 0 bridgehead atoms. The zero-order valence-corrected chi connectivity index (χ0v) is 19.4. The van der Waals surface area contributed by atoms with Gasteiger partial charge in [0.2, 0.25) is 0 Å². The first-order valence-corrected chi connectivity index (χ1v) is 11.4. The summed E-state index contributed by atoms with van der Waals surface area (Å²) in [5.41, 5.74) is 5.03. The van der Waals surface area contributed by atoms with Crippen molar-refractivity contribution >= 4 is 16.9 Å². The lowest BCUT2D eigenvalue weighted by molar-refractivity contribution is 0.0953. The molecular formula is C27H30N4O2. The molecule has 4 rings (SSSR count). The van der Waals surface area contributed by atoms with Crippen LogP contribution in [0.2, 0.25) is 0 Å². The Balaban J connectivity index is 1.45. The molecule has 0 radical (unpaired) electrons. The number of nitrogens with one attached hydrogen (secondary N) is 1. The Hall–Kier alpha value is -3.67. The Morgan fingerprint density at radius 2 is 1.88 bits per heavy atom. The van der Waals surface area contributed by atoms with E-state index in [0.29, 0.717) is 37.6 Å². The molecule has 2 aromatic heterocycles. The van der Waals surface area contributed by atoms with Crippen LogP contribution in [0.4, 0.5) is 0 Å². The summed E-state index contributed by atoms with van der Waals surface area (Å²) in [7, 11) is 0. The Bertz CT molecular complexity index is 1230. The molecule has 1 amide bonds. The average Bonchev–Trinajstić information content (AvgIpc) is 3.17. The molecule has 0 aliphatic heterocycles. The zero-order chi connectivity index (χ0) is 23.2. The van der Waals surface area contributed by atoms with Crippen LogP contribution < -0.4 is 10.1 Å². The number of hydrogen-bond donors (Lipinski definition) is 1. The van der Waals surface area contributed by atoms with Crippen LogP contribution in [0.25, 0.3) is 11.0 Å². The number of carbonyl (C=O) groups is 1. The lowest BCUT2D eigenvalue weighted by atomic mass is 10.0. The standard InChI is InChI=1S/C27H30N4O2/c1-19(2)22-9-8-20(3)18-25(22)33-17-16-31-24-7-5-4-6-23(24)30-26(31)12-15-29-27(32)21-10-13-28-14-11-21/h4-11,13-14,18-19H,12,15-17H2,1-3H3,(H,29,32). The van der Waals surface area contributed by atoms with Crippen LogP contribution in [-0.2, 0) is 13.0 Å². The number of benzene rings is 2. The first-order chi connectivity index (χ1) is 16.0. The summed E-state index contributed by atoms with van der Waals surface area (Å²) in [6.07, 6.45) is 3.87. The highest BCUT2D eigenvalue weighted by Crippen LogP contribution is 2.27. The number of fused-ring (bicyclic) bond motifs is 1. The van der Waals surface area contributed by atoms with E-state index in [2.05, 4.69) is 59.9 Å². The van der Waals surface area contributed by atoms with Crippen LogP contribution in [-0.4, -0.2) is 33.6 Å². The molecule has 1 N–H and O–H groups in total. The van der Waals surface area contributed by atoms with Gasteiger partial charge in [-0.3, -0.25) is 9.78 Å². The average molecular weight is 443 g/mol. The van der Waals surface area contributed by atoms with E-state index in [9.17, 15) is 4.79 Å². The lowest BCUT2D eigenvalue weighted by Crippen LogP contribution is -2.26. The van der Waals surface area contributed by atoms with Gasteiger partial charge in [0.05, 0.1) is 17.6 Å². The van der Waals surface area contributed by atoms with E-state index >= 15 is 0 Å². The lowest BCUT2D eigenvalue weighted by Gasteiger charge is -2.16. The van der Waals surface area contributed by atoms with Crippen molar-refractivity contribution < 1.29 is 9.53 Å². The summed E-state index contributed by atoms with van der Waals surface area (Å²) in [6.45, 7) is 8.16. The maximum absolute atomic E-state index is 12.3. The van der Waals surface area contributed by atoms with Gasteiger partial charge >= 0.3 is 0 Å². The summed E-state index contributed by atoms with van der Waals surface area (Å²) >= 11 is 0. The molecule has 0 saturated carbocycles. The predicted octanol–water partition coefficient (Wildman–Crippen LogP) is 4.91. The SMILES string of the molecule is Cc1ccc(C(C)C)c(OCCn2c(CCNC(=O)c3ccncc3)nc3ccccc32)c1. The molecule has 2 heterocycles. The van der Waals surface area contributed by atoms with Gasteiger partial charge in [-0.25, -0.2) is 4.98 Å².